The van der Waals surface area contributed by atoms with E-state index in [-0.39, 0.29) is 0 Å². The standard InChI is InChI=1S/C13H27N3O/c1-16(11-7-6-10-13(14)15-17)12-8-4-2-3-5-9-12/h12,17H,2-11H2,1H3,(H2,14,15). The van der Waals surface area contributed by atoms with Crippen LogP contribution >= 0.6 is 0 Å². The molecule has 3 N–H and O–H groups in total. The molecule has 0 aromatic rings. The summed E-state index contributed by atoms with van der Waals surface area (Å²) in [6, 6.07) is 0.779. The Morgan fingerprint density at radius 2 is 1.88 bits per heavy atom. The summed E-state index contributed by atoms with van der Waals surface area (Å²) in [5, 5.41) is 11.4. The monoisotopic (exact) mass is 241 g/mol. The summed E-state index contributed by atoms with van der Waals surface area (Å²) in [5.41, 5.74) is 5.44. The number of nitrogens with two attached hydrogens (primary N) is 1. The van der Waals surface area contributed by atoms with Crippen LogP contribution in [-0.2, 0) is 0 Å². The van der Waals surface area contributed by atoms with Crippen LogP contribution in [0.4, 0.5) is 0 Å². The summed E-state index contributed by atoms with van der Waals surface area (Å²) >= 11 is 0. The smallest absolute Gasteiger partial charge is 0.139 e. The molecule has 0 amide bonds. The Hall–Kier alpha value is -0.770. The third-order valence-electron chi connectivity index (χ3n) is 3.77. The predicted octanol–water partition coefficient (Wildman–Crippen LogP) is 2.56. The molecule has 4 heteroatoms. The lowest BCUT2D eigenvalue weighted by molar-refractivity contribution is 0.217. The van der Waals surface area contributed by atoms with E-state index in [9.17, 15) is 0 Å². The van der Waals surface area contributed by atoms with Crippen LogP contribution in [0.1, 0.15) is 57.8 Å². The molecule has 1 aliphatic carbocycles. The van der Waals surface area contributed by atoms with Gasteiger partial charge in [-0.05, 0) is 39.3 Å². The Kier molecular flexibility index (Phi) is 7.01. The van der Waals surface area contributed by atoms with Crippen molar-refractivity contribution in [1.29, 1.82) is 0 Å². The second-order valence-corrected chi connectivity index (χ2v) is 5.17. The highest BCUT2D eigenvalue weighted by molar-refractivity contribution is 5.79. The highest BCUT2D eigenvalue weighted by Crippen LogP contribution is 2.21. The number of rotatable bonds is 6. The Bertz CT molecular complexity index is 223. The molecule has 0 radical (unpaired) electrons. The first-order valence-corrected chi connectivity index (χ1v) is 6.90. The molecule has 0 spiro atoms. The Morgan fingerprint density at radius 3 is 2.47 bits per heavy atom. The third-order valence-corrected chi connectivity index (χ3v) is 3.77. The van der Waals surface area contributed by atoms with Gasteiger partial charge in [0.25, 0.3) is 0 Å². The lowest BCUT2D eigenvalue weighted by Crippen LogP contribution is -2.32. The molecule has 0 aromatic heterocycles. The molecule has 0 heterocycles. The lowest BCUT2D eigenvalue weighted by Gasteiger charge is -2.26. The maximum atomic E-state index is 8.43. The van der Waals surface area contributed by atoms with Gasteiger partial charge in [-0.1, -0.05) is 30.8 Å². The fourth-order valence-corrected chi connectivity index (χ4v) is 2.60. The van der Waals surface area contributed by atoms with E-state index in [0.717, 1.165) is 25.4 Å². The molecule has 0 bridgehead atoms. The van der Waals surface area contributed by atoms with Gasteiger partial charge in [0, 0.05) is 12.5 Å². The van der Waals surface area contributed by atoms with Gasteiger partial charge in [-0.2, -0.15) is 0 Å². The van der Waals surface area contributed by atoms with Crippen molar-refractivity contribution in [3.8, 4) is 0 Å². The first-order chi connectivity index (χ1) is 8.24. The van der Waals surface area contributed by atoms with Crippen molar-refractivity contribution < 1.29 is 5.21 Å². The molecule has 100 valence electrons. The second kappa shape index (κ2) is 8.34. The van der Waals surface area contributed by atoms with Crippen LogP contribution in [0, 0.1) is 0 Å². The normalized spacial score (nSPS) is 19.5. The number of hydrogen-bond acceptors (Lipinski definition) is 3. The Morgan fingerprint density at radius 1 is 1.24 bits per heavy atom. The van der Waals surface area contributed by atoms with Gasteiger partial charge < -0.3 is 15.8 Å². The van der Waals surface area contributed by atoms with Crippen molar-refractivity contribution >= 4 is 5.84 Å². The molecular formula is C13H27N3O. The molecule has 1 rings (SSSR count). The Balaban J connectivity index is 2.12. The summed E-state index contributed by atoms with van der Waals surface area (Å²) in [5.74, 6) is 0.349. The second-order valence-electron chi connectivity index (χ2n) is 5.17. The maximum Gasteiger partial charge on any atom is 0.139 e. The molecule has 1 saturated carbocycles. The zero-order valence-corrected chi connectivity index (χ0v) is 11.1. The third kappa shape index (κ3) is 5.91. The van der Waals surface area contributed by atoms with Crippen LogP contribution in [0.15, 0.2) is 5.16 Å². The molecule has 1 fully saturated rings. The molecule has 17 heavy (non-hydrogen) atoms. The van der Waals surface area contributed by atoms with Gasteiger partial charge >= 0.3 is 0 Å². The van der Waals surface area contributed by atoms with Crippen molar-refractivity contribution in [1.82, 2.24) is 4.90 Å². The van der Waals surface area contributed by atoms with Crippen molar-refractivity contribution in [3.63, 3.8) is 0 Å². The van der Waals surface area contributed by atoms with Crippen LogP contribution in [0.2, 0.25) is 0 Å². The van der Waals surface area contributed by atoms with Crippen molar-refractivity contribution in [3.05, 3.63) is 0 Å². The topological polar surface area (TPSA) is 61.8 Å². The van der Waals surface area contributed by atoms with Gasteiger partial charge in [-0.25, -0.2) is 0 Å². The lowest BCUT2D eigenvalue weighted by atomic mass is 10.1. The summed E-state index contributed by atoms with van der Waals surface area (Å²) < 4.78 is 0. The van der Waals surface area contributed by atoms with Crippen LogP contribution in [-0.4, -0.2) is 35.6 Å². The van der Waals surface area contributed by atoms with Crippen molar-refractivity contribution in [2.45, 2.75) is 63.8 Å². The van der Waals surface area contributed by atoms with E-state index in [1.807, 2.05) is 0 Å². The first-order valence-electron chi connectivity index (χ1n) is 6.90. The van der Waals surface area contributed by atoms with Gasteiger partial charge in [-0.15, -0.1) is 0 Å². The van der Waals surface area contributed by atoms with Gasteiger partial charge in [-0.3, -0.25) is 0 Å². The molecule has 0 saturated heterocycles. The van der Waals surface area contributed by atoms with E-state index in [4.69, 9.17) is 10.9 Å². The zero-order chi connectivity index (χ0) is 12.5. The highest BCUT2D eigenvalue weighted by Gasteiger charge is 2.16. The van der Waals surface area contributed by atoms with Gasteiger partial charge in [0.15, 0.2) is 0 Å². The van der Waals surface area contributed by atoms with Crippen LogP contribution in [0.25, 0.3) is 0 Å². The summed E-state index contributed by atoms with van der Waals surface area (Å²) in [7, 11) is 2.24. The summed E-state index contributed by atoms with van der Waals surface area (Å²) in [6.07, 6.45) is 11.2. The summed E-state index contributed by atoms with van der Waals surface area (Å²) in [6.45, 7) is 1.13. The number of amidine groups is 1. The maximum absolute atomic E-state index is 8.43. The van der Waals surface area contributed by atoms with Gasteiger partial charge in [0.1, 0.15) is 5.84 Å². The summed E-state index contributed by atoms with van der Waals surface area (Å²) in [4.78, 5) is 2.50. The van der Waals surface area contributed by atoms with Crippen LogP contribution in [0.5, 0.6) is 0 Å². The molecule has 0 aliphatic heterocycles. The van der Waals surface area contributed by atoms with E-state index in [1.165, 1.54) is 38.5 Å². The van der Waals surface area contributed by atoms with E-state index < -0.39 is 0 Å². The molecule has 0 aromatic carbocycles. The SMILES string of the molecule is CN(CCCC/C(N)=N/O)C1CCCCCC1. The first kappa shape index (κ1) is 14.3. The van der Waals surface area contributed by atoms with Crippen molar-refractivity contribution in [2.24, 2.45) is 10.9 Å². The quantitative estimate of drug-likeness (QED) is 0.188. The average Bonchev–Trinajstić information content (AvgIpc) is 2.62. The zero-order valence-electron chi connectivity index (χ0n) is 11.1. The van der Waals surface area contributed by atoms with Gasteiger partial charge in [0.2, 0.25) is 0 Å². The van der Waals surface area contributed by atoms with Crippen LogP contribution < -0.4 is 5.73 Å². The number of oxime groups is 1. The molecule has 4 nitrogen and oxygen atoms in total. The fourth-order valence-electron chi connectivity index (χ4n) is 2.60. The minimum atomic E-state index is 0.349. The number of hydrogen-bond donors (Lipinski definition) is 2. The van der Waals surface area contributed by atoms with E-state index >= 15 is 0 Å². The predicted molar refractivity (Wildman–Crippen MR) is 71.4 cm³/mol. The molecule has 1 aliphatic rings. The van der Waals surface area contributed by atoms with E-state index in [1.54, 1.807) is 0 Å². The Labute approximate surface area is 105 Å². The highest BCUT2D eigenvalue weighted by atomic mass is 16.4. The van der Waals surface area contributed by atoms with E-state index in [2.05, 4.69) is 17.1 Å². The van der Waals surface area contributed by atoms with Gasteiger partial charge in [0.05, 0.1) is 0 Å². The number of unbranched alkanes of at least 4 members (excludes halogenated alkanes) is 1. The largest absolute Gasteiger partial charge is 0.409 e. The molecular weight excluding hydrogens is 214 g/mol. The minimum Gasteiger partial charge on any atom is -0.409 e. The fraction of sp³-hybridized carbons (Fsp3) is 0.923. The average molecular weight is 241 g/mol. The molecule has 0 atom stereocenters. The molecule has 0 unspecified atom stereocenters. The minimum absolute atomic E-state index is 0.349. The van der Waals surface area contributed by atoms with Crippen molar-refractivity contribution in [2.75, 3.05) is 13.6 Å². The number of nitrogens with zero attached hydrogens (tertiary/aromatic N) is 2. The van der Waals surface area contributed by atoms with E-state index in [0.29, 0.717) is 12.3 Å². The van der Waals surface area contributed by atoms with Crippen LogP contribution in [0.3, 0.4) is 0 Å².